The first-order valence-corrected chi connectivity index (χ1v) is 8.52. The molecule has 0 radical (unpaired) electrons. The average molecular weight is 339 g/mol. The van der Waals surface area contributed by atoms with Crippen LogP contribution in [0.25, 0.3) is 5.57 Å². The Morgan fingerprint density at radius 3 is 2.64 bits per heavy atom. The summed E-state index contributed by atoms with van der Waals surface area (Å²) in [5.41, 5.74) is 3.98. The number of hydrogen-bond acceptors (Lipinski definition) is 3. The maximum Gasteiger partial charge on any atom is 0.131 e. The highest BCUT2D eigenvalue weighted by Gasteiger charge is 2.15. The van der Waals surface area contributed by atoms with E-state index in [4.69, 9.17) is 5.84 Å². The number of likely N-dealkylation sites (tertiary alicyclic amines) is 1. The molecular formula is C21H26FN3. The minimum Gasteiger partial charge on any atom is -0.372 e. The van der Waals surface area contributed by atoms with Gasteiger partial charge in [0.05, 0.1) is 6.21 Å². The van der Waals surface area contributed by atoms with Gasteiger partial charge in [0.2, 0.25) is 0 Å². The molecule has 0 spiro atoms. The second-order valence-corrected chi connectivity index (χ2v) is 6.21. The van der Waals surface area contributed by atoms with Gasteiger partial charge < -0.3 is 10.7 Å². The number of halogens is 1. The van der Waals surface area contributed by atoms with E-state index in [-0.39, 0.29) is 5.82 Å². The standard InChI is InChI=1S/C21H26FN3/c1-4-8-18(15-24-23)14-19(13-17(3)25-11-5-6-12-25)21-16(2)9-7-10-20(21)22/h4,7,9-10,13-15H,1,3,5-6,8,11-12,23H2,2H3/b18-14+,19-13+,24-15-. The normalized spacial score (nSPS) is 15.8. The molecule has 1 heterocycles. The number of nitrogens with zero attached hydrogens (tertiary/aromatic N) is 2. The van der Waals surface area contributed by atoms with Gasteiger partial charge in [-0.1, -0.05) is 24.8 Å². The summed E-state index contributed by atoms with van der Waals surface area (Å²) in [5.74, 6) is 5.06. The molecule has 0 bridgehead atoms. The van der Waals surface area contributed by atoms with Crippen LogP contribution in [0.2, 0.25) is 0 Å². The van der Waals surface area contributed by atoms with Crippen LogP contribution < -0.4 is 5.84 Å². The minimum absolute atomic E-state index is 0.251. The van der Waals surface area contributed by atoms with Crippen LogP contribution in [0.1, 0.15) is 30.4 Å². The Morgan fingerprint density at radius 2 is 2.04 bits per heavy atom. The van der Waals surface area contributed by atoms with Gasteiger partial charge in [-0.15, -0.1) is 6.58 Å². The first-order chi connectivity index (χ1) is 12.1. The lowest BCUT2D eigenvalue weighted by Gasteiger charge is -2.19. The second-order valence-electron chi connectivity index (χ2n) is 6.21. The van der Waals surface area contributed by atoms with Crippen molar-refractivity contribution in [3.63, 3.8) is 0 Å². The molecule has 2 N–H and O–H groups in total. The van der Waals surface area contributed by atoms with Crippen molar-refractivity contribution in [2.75, 3.05) is 13.1 Å². The predicted molar refractivity (Wildman–Crippen MR) is 105 cm³/mol. The van der Waals surface area contributed by atoms with Gasteiger partial charge in [-0.2, -0.15) is 5.10 Å². The zero-order chi connectivity index (χ0) is 18.2. The molecule has 3 nitrogen and oxygen atoms in total. The van der Waals surface area contributed by atoms with Crippen molar-refractivity contribution < 1.29 is 4.39 Å². The number of hydrogen-bond donors (Lipinski definition) is 1. The summed E-state index contributed by atoms with van der Waals surface area (Å²) in [6.07, 6.45) is 10.1. The fourth-order valence-corrected chi connectivity index (χ4v) is 3.07. The molecule has 1 aromatic carbocycles. The highest BCUT2D eigenvalue weighted by Crippen LogP contribution is 2.27. The number of nitrogens with two attached hydrogens (primary N) is 1. The predicted octanol–water partition coefficient (Wildman–Crippen LogP) is 4.57. The Bertz CT molecular complexity index is 702. The van der Waals surface area contributed by atoms with E-state index >= 15 is 0 Å². The van der Waals surface area contributed by atoms with Gasteiger partial charge in [-0.3, -0.25) is 0 Å². The molecule has 132 valence electrons. The maximum atomic E-state index is 14.6. The Balaban J connectivity index is 2.52. The van der Waals surface area contributed by atoms with Crippen molar-refractivity contribution in [2.45, 2.75) is 26.2 Å². The summed E-state index contributed by atoms with van der Waals surface area (Å²) < 4.78 is 14.6. The van der Waals surface area contributed by atoms with E-state index in [1.54, 1.807) is 18.4 Å². The Hall–Kier alpha value is -2.62. The van der Waals surface area contributed by atoms with Crippen molar-refractivity contribution in [3.05, 3.63) is 77.8 Å². The Labute approximate surface area is 149 Å². The fraction of sp³-hybridized carbons (Fsp3) is 0.286. The Kier molecular flexibility index (Phi) is 6.75. The van der Waals surface area contributed by atoms with E-state index in [1.807, 2.05) is 25.1 Å². The van der Waals surface area contributed by atoms with Crippen LogP contribution in [-0.4, -0.2) is 24.2 Å². The van der Waals surface area contributed by atoms with Crippen molar-refractivity contribution in [1.82, 2.24) is 4.90 Å². The second kappa shape index (κ2) is 9.02. The molecule has 0 amide bonds. The summed E-state index contributed by atoms with van der Waals surface area (Å²) in [6, 6.07) is 5.10. The number of aryl methyl sites for hydroxylation is 1. The van der Waals surface area contributed by atoms with Crippen LogP contribution in [-0.2, 0) is 0 Å². The highest BCUT2D eigenvalue weighted by molar-refractivity contribution is 5.87. The van der Waals surface area contributed by atoms with Gasteiger partial charge in [0.1, 0.15) is 5.82 Å². The number of benzene rings is 1. The lowest BCUT2D eigenvalue weighted by Crippen LogP contribution is -2.16. The van der Waals surface area contributed by atoms with Crippen molar-refractivity contribution in [2.24, 2.45) is 10.9 Å². The van der Waals surface area contributed by atoms with Gasteiger partial charge in [0.15, 0.2) is 0 Å². The summed E-state index contributed by atoms with van der Waals surface area (Å²) in [6.45, 7) is 11.8. The van der Waals surface area contributed by atoms with Gasteiger partial charge in [-0.05, 0) is 61.1 Å². The van der Waals surface area contributed by atoms with Crippen LogP contribution in [0.5, 0.6) is 0 Å². The molecule has 0 saturated carbocycles. The van der Waals surface area contributed by atoms with E-state index in [0.29, 0.717) is 12.0 Å². The summed E-state index contributed by atoms with van der Waals surface area (Å²) in [5, 5.41) is 3.61. The molecule has 1 saturated heterocycles. The quantitative estimate of drug-likeness (QED) is 0.260. The van der Waals surface area contributed by atoms with Gasteiger partial charge >= 0.3 is 0 Å². The number of allylic oxidation sites excluding steroid dienone is 5. The van der Waals surface area contributed by atoms with Gasteiger partial charge in [0.25, 0.3) is 0 Å². The van der Waals surface area contributed by atoms with Crippen molar-refractivity contribution in [1.29, 1.82) is 0 Å². The van der Waals surface area contributed by atoms with E-state index < -0.39 is 0 Å². The third kappa shape index (κ3) is 4.92. The summed E-state index contributed by atoms with van der Waals surface area (Å²) in [7, 11) is 0. The molecule has 0 aliphatic carbocycles. The number of hydrazone groups is 1. The maximum absolute atomic E-state index is 14.6. The van der Waals surface area contributed by atoms with Crippen molar-refractivity contribution >= 4 is 11.8 Å². The molecule has 1 aromatic rings. The highest BCUT2D eigenvalue weighted by atomic mass is 19.1. The molecule has 0 aromatic heterocycles. The minimum atomic E-state index is -0.251. The summed E-state index contributed by atoms with van der Waals surface area (Å²) >= 11 is 0. The van der Waals surface area contributed by atoms with Crippen molar-refractivity contribution in [3.8, 4) is 0 Å². The molecular weight excluding hydrogens is 313 g/mol. The largest absolute Gasteiger partial charge is 0.372 e. The molecule has 25 heavy (non-hydrogen) atoms. The third-order valence-corrected chi connectivity index (χ3v) is 4.31. The SMILES string of the molecule is C=CCC(/C=N\N)=C\C(=C/C(=C)N1CCCC1)c1c(C)cccc1F. The first kappa shape index (κ1) is 18.7. The van der Waals surface area contributed by atoms with E-state index in [9.17, 15) is 4.39 Å². The zero-order valence-electron chi connectivity index (χ0n) is 14.8. The monoisotopic (exact) mass is 339 g/mol. The Morgan fingerprint density at radius 1 is 1.32 bits per heavy atom. The molecule has 1 fully saturated rings. The molecule has 0 unspecified atom stereocenters. The van der Waals surface area contributed by atoms with E-state index in [1.165, 1.54) is 6.07 Å². The average Bonchev–Trinajstić information content (AvgIpc) is 3.09. The molecule has 1 aliphatic heterocycles. The fourth-order valence-electron chi connectivity index (χ4n) is 3.07. The van der Waals surface area contributed by atoms with Crippen LogP contribution in [0, 0.1) is 12.7 Å². The summed E-state index contributed by atoms with van der Waals surface area (Å²) in [4.78, 5) is 2.23. The topological polar surface area (TPSA) is 41.6 Å². The molecule has 1 aliphatic rings. The molecule has 4 heteroatoms. The van der Waals surface area contributed by atoms with Crippen LogP contribution in [0.15, 0.2) is 66.0 Å². The van der Waals surface area contributed by atoms with Crippen LogP contribution in [0.4, 0.5) is 4.39 Å². The third-order valence-electron chi connectivity index (χ3n) is 4.31. The van der Waals surface area contributed by atoms with E-state index in [0.717, 1.165) is 48.3 Å². The number of rotatable bonds is 7. The zero-order valence-corrected chi connectivity index (χ0v) is 14.8. The van der Waals surface area contributed by atoms with Gasteiger partial charge in [0, 0.05) is 24.4 Å². The molecule has 2 rings (SSSR count). The lowest BCUT2D eigenvalue weighted by molar-refractivity contribution is 0.442. The van der Waals surface area contributed by atoms with Crippen LogP contribution in [0.3, 0.4) is 0 Å². The first-order valence-electron chi connectivity index (χ1n) is 8.52. The van der Waals surface area contributed by atoms with Crippen LogP contribution >= 0.6 is 0 Å². The lowest BCUT2D eigenvalue weighted by atomic mass is 9.96. The van der Waals surface area contributed by atoms with E-state index in [2.05, 4.69) is 23.2 Å². The van der Waals surface area contributed by atoms with Gasteiger partial charge in [-0.25, -0.2) is 4.39 Å². The molecule has 0 atom stereocenters. The smallest absolute Gasteiger partial charge is 0.131 e.